The van der Waals surface area contributed by atoms with Crippen LogP contribution in [0.5, 0.6) is 0 Å². The van der Waals surface area contributed by atoms with Gasteiger partial charge < -0.3 is 10.4 Å². The third-order valence-corrected chi connectivity index (χ3v) is 5.84. The predicted octanol–water partition coefficient (Wildman–Crippen LogP) is 2.88. The van der Waals surface area contributed by atoms with Crippen molar-refractivity contribution in [3.63, 3.8) is 0 Å². The highest BCUT2D eigenvalue weighted by Gasteiger charge is 2.22. The molecule has 2 rings (SSSR count). The molecular formula is C19H29N2O2P. The van der Waals surface area contributed by atoms with Gasteiger partial charge in [-0.1, -0.05) is 44.2 Å². The zero-order chi connectivity index (χ0) is 17.5. The van der Waals surface area contributed by atoms with Crippen LogP contribution in [-0.4, -0.2) is 46.2 Å². The van der Waals surface area contributed by atoms with Gasteiger partial charge in [-0.3, -0.25) is 9.46 Å². The number of amides is 1. The molecular weight excluding hydrogens is 319 g/mol. The number of hydrogen-bond donors (Lipinski definition) is 2. The number of nitrogens with one attached hydrogen (secondary N) is 1. The summed E-state index contributed by atoms with van der Waals surface area (Å²) in [5.74, 6) is 2.15. The van der Waals surface area contributed by atoms with E-state index in [1.54, 1.807) is 0 Å². The molecule has 1 aliphatic rings. The number of aliphatic hydroxyl groups excluding tert-OH is 1. The molecule has 1 amide bonds. The summed E-state index contributed by atoms with van der Waals surface area (Å²) in [4.78, 5) is 12.3. The lowest BCUT2D eigenvalue weighted by atomic mass is 10.0. The highest BCUT2D eigenvalue weighted by atomic mass is 31.1. The number of nitrogens with zero attached hydrogens (tertiary/aromatic N) is 1. The summed E-state index contributed by atoms with van der Waals surface area (Å²) in [5, 5.41) is 13.2. The molecule has 1 aromatic carbocycles. The number of hydrogen-bond acceptors (Lipinski definition) is 3. The third-order valence-electron chi connectivity index (χ3n) is 4.50. The fourth-order valence-corrected chi connectivity index (χ4v) is 4.15. The Morgan fingerprint density at radius 2 is 2.12 bits per heavy atom. The molecule has 2 N–H and O–H groups in total. The van der Waals surface area contributed by atoms with Crippen LogP contribution >= 0.6 is 8.35 Å². The molecule has 1 saturated heterocycles. The fourth-order valence-electron chi connectivity index (χ4n) is 2.81. The molecule has 1 fully saturated rings. The molecule has 3 atom stereocenters. The van der Waals surface area contributed by atoms with E-state index in [2.05, 4.69) is 36.6 Å². The van der Waals surface area contributed by atoms with Gasteiger partial charge in [0.15, 0.2) is 0 Å². The Balaban J connectivity index is 1.91. The quantitative estimate of drug-likeness (QED) is 0.745. The van der Waals surface area contributed by atoms with E-state index in [4.69, 9.17) is 0 Å². The Hall–Kier alpha value is -1.22. The van der Waals surface area contributed by atoms with Crippen LogP contribution < -0.4 is 5.32 Å². The lowest BCUT2D eigenvalue weighted by Gasteiger charge is -2.22. The Morgan fingerprint density at radius 1 is 1.42 bits per heavy atom. The smallest absolute Gasteiger partial charge is 0.249 e. The average Bonchev–Trinajstić information content (AvgIpc) is 2.97. The largest absolute Gasteiger partial charge is 0.383 e. The second kappa shape index (κ2) is 9.31. The number of rotatable bonds is 7. The highest BCUT2D eigenvalue weighted by molar-refractivity contribution is 7.36. The minimum Gasteiger partial charge on any atom is -0.383 e. The van der Waals surface area contributed by atoms with Crippen molar-refractivity contribution in [2.75, 3.05) is 6.54 Å². The zero-order valence-corrected chi connectivity index (χ0v) is 15.7. The predicted molar refractivity (Wildman–Crippen MR) is 101 cm³/mol. The molecule has 5 heteroatoms. The van der Waals surface area contributed by atoms with Gasteiger partial charge >= 0.3 is 0 Å². The summed E-state index contributed by atoms with van der Waals surface area (Å²) >= 11 is 0. The zero-order valence-electron chi connectivity index (χ0n) is 14.9. The molecule has 2 unspecified atom stereocenters. The minimum atomic E-state index is -1.01. The average molecular weight is 348 g/mol. The summed E-state index contributed by atoms with van der Waals surface area (Å²) < 4.78 is 2.42. The van der Waals surface area contributed by atoms with Crippen molar-refractivity contribution in [1.29, 1.82) is 0 Å². The molecule has 0 spiro atoms. The van der Waals surface area contributed by atoms with Crippen molar-refractivity contribution < 1.29 is 9.90 Å². The first-order valence-electron chi connectivity index (χ1n) is 8.80. The summed E-state index contributed by atoms with van der Waals surface area (Å²) in [6, 6.07) is 10.2. The first kappa shape index (κ1) is 19.1. The normalized spacial score (nSPS) is 21.3. The van der Waals surface area contributed by atoms with E-state index in [1.807, 2.05) is 30.3 Å². The molecule has 132 valence electrons. The van der Waals surface area contributed by atoms with Gasteiger partial charge in [-0.15, -0.1) is 0 Å². The van der Waals surface area contributed by atoms with Crippen LogP contribution in [0.15, 0.2) is 30.3 Å². The number of benzene rings is 1. The molecule has 1 aliphatic heterocycles. The van der Waals surface area contributed by atoms with Crippen LogP contribution in [0.4, 0.5) is 0 Å². The monoisotopic (exact) mass is 348 g/mol. The van der Waals surface area contributed by atoms with Gasteiger partial charge in [0.1, 0.15) is 6.10 Å². The fraction of sp³-hybridized carbons (Fsp3) is 0.579. The van der Waals surface area contributed by atoms with Gasteiger partial charge in [0, 0.05) is 19.0 Å². The van der Waals surface area contributed by atoms with Crippen molar-refractivity contribution in [3.05, 3.63) is 35.9 Å². The topological polar surface area (TPSA) is 52.6 Å². The molecule has 0 radical (unpaired) electrons. The summed E-state index contributed by atoms with van der Waals surface area (Å²) in [7, 11) is 1.16. The maximum atomic E-state index is 12.3. The Bertz CT molecular complexity index is 548. The molecule has 1 aromatic rings. The Labute approximate surface area is 147 Å². The van der Waals surface area contributed by atoms with E-state index in [0.717, 1.165) is 20.5 Å². The van der Waals surface area contributed by atoms with Crippen LogP contribution in [0.2, 0.25) is 0 Å². The van der Waals surface area contributed by atoms with Crippen molar-refractivity contribution in [2.45, 2.75) is 58.2 Å². The van der Waals surface area contributed by atoms with Crippen molar-refractivity contribution in [2.24, 2.45) is 5.92 Å². The summed E-state index contributed by atoms with van der Waals surface area (Å²) in [5.41, 5.74) is 0.967. The van der Waals surface area contributed by atoms with Crippen LogP contribution in [0, 0.1) is 5.92 Å². The van der Waals surface area contributed by atoms with E-state index < -0.39 is 6.10 Å². The molecule has 0 bridgehead atoms. The van der Waals surface area contributed by atoms with Gasteiger partial charge in [0.25, 0.3) is 0 Å². The Morgan fingerprint density at radius 3 is 2.71 bits per heavy atom. The molecule has 1 heterocycles. The second-order valence-corrected chi connectivity index (χ2v) is 7.95. The number of aliphatic hydroxyl groups is 1. The van der Waals surface area contributed by atoms with Crippen LogP contribution in [0.1, 0.15) is 39.2 Å². The maximum absolute atomic E-state index is 12.3. The van der Waals surface area contributed by atoms with Crippen molar-refractivity contribution in [3.8, 4) is 0 Å². The second-order valence-electron chi connectivity index (χ2n) is 6.90. The first-order chi connectivity index (χ1) is 11.5. The van der Waals surface area contributed by atoms with E-state index in [1.165, 1.54) is 12.8 Å². The van der Waals surface area contributed by atoms with Crippen molar-refractivity contribution >= 4 is 20.1 Å². The molecule has 4 nitrogen and oxygen atoms in total. The SMILES string of the molecule is CC(C)C(C=PN1CCCC1C)NC(=O)[C@@H](O)Cc1ccccc1. The van der Waals surface area contributed by atoms with Crippen LogP contribution in [0.3, 0.4) is 0 Å². The molecule has 0 aromatic heterocycles. The maximum Gasteiger partial charge on any atom is 0.249 e. The minimum absolute atomic E-state index is 0.0302. The summed E-state index contributed by atoms with van der Waals surface area (Å²) in [6.45, 7) is 7.55. The van der Waals surface area contributed by atoms with E-state index in [0.29, 0.717) is 18.4 Å². The summed E-state index contributed by atoms with van der Waals surface area (Å²) in [6.07, 6.45) is 1.83. The van der Waals surface area contributed by atoms with Gasteiger partial charge in [0.05, 0.1) is 6.04 Å². The number of carbonyl (C=O) groups is 1. The lowest BCUT2D eigenvalue weighted by molar-refractivity contribution is -0.129. The standard InChI is InChI=1S/C19H29N2O2P/c1-14(2)17(13-24-21-11-7-8-15(21)3)20-19(23)18(22)12-16-9-5-4-6-10-16/h4-6,9-10,13-15,17-18,22H,7-8,11-12H2,1-3H3,(H,20,23)/t15?,17?,18-/m0/s1. The van der Waals surface area contributed by atoms with Crippen LogP contribution in [0.25, 0.3) is 0 Å². The van der Waals surface area contributed by atoms with E-state index in [-0.39, 0.29) is 11.9 Å². The Kier molecular flexibility index (Phi) is 7.41. The van der Waals surface area contributed by atoms with E-state index in [9.17, 15) is 9.90 Å². The van der Waals surface area contributed by atoms with Gasteiger partial charge in [-0.2, -0.15) is 0 Å². The van der Waals surface area contributed by atoms with Gasteiger partial charge in [-0.25, -0.2) is 0 Å². The number of carbonyl (C=O) groups excluding carboxylic acids is 1. The van der Waals surface area contributed by atoms with Gasteiger partial charge in [-0.05, 0) is 45.4 Å². The molecule has 0 saturated carbocycles. The highest BCUT2D eigenvalue weighted by Crippen LogP contribution is 2.24. The first-order valence-corrected chi connectivity index (χ1v) is 9.72. The van der Waals surface area contributed by atoms with Gasteiger partial charge in [0.2, 0.25) is 5.91 Å². The van der Waals surface area contributed by atoms with Crippen LogP contribution in [-0.2, 0) is 11.2 Å². The lowest BCUT2D eigenvalue weighted by Crippen LogP contribution is -2.45. The third kappa shape index (κ3) is 5.70. The van der Waals surface area contributed by atoms with E-state index >= 15 is 0 Å². The molecule has 24 heavy (non-hydrogen) atoms. The molecule has 0 aliphatic carbocycles. The van der Waals surface area contributed by atoms with Crippen molar-refractivity contribution in [1.82, 2.24) is 9.99 Å².